The van der Waals surface area contributed by atoms with Crippen LogP contribution in [0.25, 0.3) is 0 Å². The van der Waals surface area contributed by atoms with Crippen molar-refractivity contribution in [2.24, 2.45) is 0 Å². The normalized spacial score (nSPS) is 13.7. The molecule has 0 saturated heterocycles. The molecule has 0 radical (unpaired) electrons. The quantitative estimate of drug-likeness (QED) is 0.766. The molecule has 0 spiro atoms. The van der Waals surface area contributed by atoms with Gasteiger partial charge >= 0.3 is 0 Å². The molecule has 1 unspecified atom stereocenters. The predicted molar refractivity (Wildman–Crippen MR) is 75.1 cm³/mol. The van der Waals surface area contributed by atoms with Gasteiger partial charge in [-0.05, 0) is 13.8 Å². The highest BCUT2D eigenvalue weighted by atomic mass is 32.2. The van der Waals surface area contributed by atoms with E-state index in [0.717, 1.165) is 5.69 Å². The van der Waals surface area contributed by atoms with E-state index in [1.165, 1.54) is 0 Å². The summed E-state index contributed by atoms with van der Waals surface area (Å²) in [6.45, 7) is 8.07. The summed E-state index contributed by atoms with van der Waals surface area (Å²) in [5.74, 6) is 0. The number of aryl methyl sites for hydroxylation is 1. The third kappa shape index (κ3) is 5.63. The maximum Gasteiger partial charge on any atom is 0.215 e. The van der Waals surface area contributed by atoms with Gasteiger partial charge in [-0.25, -0.2) is 13.1 Å². The average Bonchev–Trinajstić information content (AvgIpc) is 2.35. The van der Waals surface area contributed by atoms with Gasteiger partial charge in [0.25, 0.3) is 0 Å². The predicted octanol–water partition coefficient (Wildman–Crippen LogP) is 0.591. The zero-order valence-corrected chi connectivity index (χ0v) is 12.7. The van der Waals surface area contributed by atoms with Crippen molar-refractivity contribution >= 4 is 10.0 Å². The van der Waals surface area contributed by atoms with E-state index in [2.05, 4.69) is 20.0 Å². The molecular weight excluding hydrogens is 264 g/mol. The Labute approximate surface area is 115 Å². The first kappa shape index (κ1) is 16.0. The van der Waals surface area contributed by atoms with Gasteiger partial charge in [0.2, 0.25) is 10.0 Å². The molecule has 1 atom stereocenters. The zero-order chi connectivity index (χ0) is 14.5. The van der Waals surface area contributed by atoms with E-state index in [4.69, 9.17) is 0 Å². The summed E-state index contributed by atoms with van der Waals surface area (Å²) >= 11 is 0. The van der Waals surface area contributed by atoms with Crippen LogP contribution in [0.3, 0.4) is 0 Å². The van der Waals surface area contributed by atoms with Crippen LogP contribution in [-0.2, 0) is 16.6 Å². The minimum atomic E-state index is -3.34. The Morgan fingerprint density at radius 1 is 1.21 bits per heavy atom. The largest absolute Gasteiger partial charge is 0.313 e. The van der Waals surface area contributed by atoms with Crippen LogP contribution in [0, 0.1) is 6.92 Å². The summed E-state index contributed by atoms with van der Waals surface area (Å²) in [6.07, 6.45) is 3.20. The summed E-state index contributed by atoms with van der Waals surface area (Å²) < 4.78 is 26.5. The highest BCUT2D eigenvalue weighted by Gasteiger charge is 2.20. The van der Waals surface area contributed by atoms with Gasteiger partial charge in [-0.1, -0.05) is 13.8 Å². The summed E-state index contributed by atoms with van der Waals surface area (Å²) in [7, 11) is -3.34. The molecular formula is C12H22N4O2S. The second kappa shape index (κ2) is 6.93. The Morgan fingerprint density at radius 3 is 2.42 bits per heavy atom. The van der Waals surface area contributed by atoms with Crippen molar-refractivity contribution in [1.82, 2.24) is 20.0 Å². The van der Waals surface area contributed by atoms with E-state index in [-0.39, 0.29) is 12.6 Å². The first-order valence-corrected chi connectivity index (χ1v) is 7.85. The molecule has 0 aliphatic carbocycles. The van der Waals surface area contributed by atoms with Gasteiger partial charge in [0, 0.05) is 18.8 Å². The Kier molecular flexibility index (Phi) is 5.84. The molecule has 0 aliphatic heterocycles. The third-order valence-electron chi connectivity index (χ3n) is 2.63. The monoisotopic (exact) mass is 286 g/mol. The molecule has 1 heterocycles. The number of nitrogens with one attached hydrogen (secondary N) is 2. The molecule has 2 N–H and O–H groups in total. The van der Waals surface area contributed by atoms with Gasteiger partial charge in [0.15, 0.2) is 0 Å². The Morgan fingerprint density at radius 2 is 1.89 bits per heavy atom. The SMILES string of the molecule is Cc1cnc(CNS(=O)(=O)C(C)CNC(C)C)cn1. The number of aromatic nitrogens is 2. The van der Waals surface area contributed by atoms with Gasteiger partial charge in [-0.2, -0.15) is 0 Å². The van der Waals surface area contributed by atoms with Crippen molar-refractivity contribution in [3.63, 3.8) is 0 Å². The van der Waals surface area contributed by atoms with E-state index in [9.17, 15) is 8.42 Å². The highest BCUT2D eigenvalue weighted by Crippen LogP contribution is 2.00. The lowest BCUT2D eigenvalue weighted by atomic mass is 10.3. The van der Waals surface area contributed by atoms with Crippen molar-refractivity contribution in [2.45, 2.75) is 45.5 Å². The maximum atomic E-state index is 12.0. The van der Waals surface area contributed by atoms with Gasteiger partial charge in [-0.3, -0.25) is 9.97 Å². The lowest BCUT2D eigenvalue weighted by molar-refractivity contribution is 0.540. The van der Waals surface area contributed by atoms with Crippen molar-refractivity contribution in [3.05, 3.63) is 23.8 Å². The topological polar surface area (TPSA) is 84.0 Å². The van der Waals surface area contributed by atoms with Crippen molar-refractivity contribution in [1.29, 1.82) is 0 Å². The fourth-order valence-corrected chi connectivity index (χ4v) is 2.29. The summed E-state index contributed by atoms with van der Waals surface area (Å²) in [5, 5.41) is 2.62. The van der Waals surface area contributed by atoms with E-state index >= 15 is 0 Å². The molecule has 7 heteroatoms. The molecule has 1 rings (SSSR count). The molecule has 0 amide bonds. The highest BCUT2D eigenvalue weighted by molar-refractivity contribution is 7.90. The van der Waals surface area contributed by atoms with E-state index < -0.39 is 15.3 Å². The minimum Gasteiger partial charge on any atom is -0.313 e. The molecule has 0 aliphatic rings. The zero-order valence-electron chi connectivity index (χ0n) is 11.8. The van der Waals surface area contributed by atoms with Crippen LogP contribution in [0.5, 0.6) is 0 Å². The van der Waals surface area contributed by atoms with Gasteiger partial charge in [0.1, 0.15) is 0 Å². The van der Waals surface area contributed by atoms with Crippen LogP contribution in [0.15, 0.2) is 12.4 Å². The standard InChI is InChI=1S/C12H22N4O2S/c1-9(2)13-6-11(4)19(17,18)16-8-12-7-14-10(3)5-15-12/h5,7,9,11,13,16H,6,8H2,1-4H3. The number of sulfonamides is 1. The molecule has 19 heavy (non-hydrogen) atoms. The molecule has 0 bridgehead atoms. The smallest absolute Gasteiger partial charge is 0.215 e. The number of nitrogens with zero attached hydrogens (tertiary/aromatic N) is 2. The number of hydrogen-bond donors (Lipinski definition) is 2. The second-order valence-corrected chi connectivity index (χ2v) is 7.07. The van der Waals surface area contributed by atoms with Crippen LogP contribution in [0.2, 0.25) is 0 Å². The summed E-state index contributed by atoms with van der Waals surface area (Å²) in [4.78, 5) is 8.18. The Bertz CT molecular complexity index is 485. The van der Waals surface area contributed by atoms with Crippen molar-refractivity contribution in [3.8, 4) is 0 Å². The lowest BCUT2D eigenvalue weighted by Gasteiger charge is -2.16. The number of hydrogen-bond acceptors (Lipinski definition) is 5. The molecule has 6 nitrogen and oxygen atoms in total. The van der Waals surface area contributed by atoms with Crippen LogP contribution in [0.1, 0.15) is 32.2 Å². The lowest BCUT2D eigenvalue weighted by Crippen LogP contribution is -2.40. The van der Waals surface area contributed by atoms with Gasteiger partial charge in [-0.15, -0.1) is 0 Å². The summed E-state index contributed by atoms with van der Waals surface area (Å²) in [5.41, 5.74) is 1.42. The fraction of sp³-hybridized carbons (Fsp3) is 0.667. The molecule has 1 aromatic rings. The molecule has 0 saturated carbocycles. The fourth-order valence-electron chi connectivity index (χ4n) is 1.34. The van der Waals surface area contributed by atoms with E-state index in [1.54, 1.807) is 19.3 Å². The maximum absolute atomic E-state index is 12.0. The summed E-state index contributed by atoms with van der Waals surface area (Å²) in [6, 6.07) is 0.264. The van der Waals surface area contributed by atoms with Crippen LogP contribution >= 0.6 is 0 Å². The first-order chi connectivity index (χ1) is 8.81. The van der Waals surface area contributed by atoms with Crippen molar-refractivity contribution in [2.75, 3.05) is 6.54 Å². The van der Waals surface area contributed by atoms with Gasteiger partial charge in [0.05, 0.1) is 29.4 Å². The average molecular weight is 286 g/mol. The molecule has 0 fully saturated rings. The van der Waals surface area contributed by atoms with Crippen LogP contribution < -0.4 is 10.0 Å². The Balaban J connectivity index is 2.52. The van der Waals surface area contributed by atoms with Crippen molar-refractivity contribution < 1.29 is 8.42 Å². The van der Waals surface area contributed by atoms with Crippen LogP contribution in [-0.4, -0.2) is 36.2 Å². The third-order valence-corrected chi connectivity index (χ3v) is 4.40. The minimum absolute atomic E-state index is 0.168. The van der Waals surface area contributed by atoms with Gasteiger partial charge < -0.3 is 5.32 Å². The second-order valence-electron chi connectivity index (χ2n) is 4.89. The molecule has 108 valence electrons. The van der Waals surface area contributed by atoms with E-state index in [1.807, 2.05) is 20.8 Å². The first-order valence-electron chi connectivity index (χ1n) is 6.30. The molecule has 0 aromatic carbocycles. The molecule has 1 aromatic heterocycles. The van der Waals surface area contributed by atoms with E-state index in [0.29, 0.717) is 12.2 Å². The van der Waals surface area contributed by atoms with Crippen LogP contribution in [0.4, 0.5) is 0 Å². The Hall–Kier alpha value is -1.05. The number of rotatable bonds is 7.